The highest BCUT2D eigenvalue weighted by Crippen LogP contribution is 2.41. The van der Waals surface area contributed by atoms with Gasteiger partial charge >= 0.3 is 0 Å². The van der Waals surface area contributed by atoms with E-state index in [0.717, 1.165) is 30.0 Å². The van der Waals surface area contributed by atoms with Gasteiger partial charge in [0.15, 0.2) is 0 Å². The van der Waals surface area contributed by atoms with Gasteiger partial charge in [0.2, 0.25) is 0 Å². The molecule has 0 spiro atoms. The summed E-state index contributed by atoms with van der Waals surface area (Å²) in [5, 5.41) is 4.74. The van der Waals surface area contributed by atoms with E-state index in [-0.39, 0.29) is 5.91 Å². The molecule has 0 bridgehead atoms. The van der Waals surface area contributed by atoms with Gasteiger partial charge in [-0.2, -0.15) is 0 Å². The number of hydrogen-bond donors (Lipinski definition) is 1. The predicted octanol–water partition coefficient (Wildman–Crippen LogP) is 4.30. The summed E-state index contributed by atoms with van der Waals surface area (Å²) in [6.07, 6.45) is 8.98. The number of anilines is 1. The maximum Gasteiger partial charge on any atom is 0.254 e. The van der Waals surface area contributed by atoms with E-state index in [4.69, 9.17) is 4.98 Å². The molecule has 1 aliphatic heterocycles. The Hall–Kier alpha value is -1.62. The van der Waals surface area contributed by atoms with Gasteiger partial charge in [0, 0.05) is 25.5 Å². The average molecular weight is 343 g/mol. The summed E-state index contributed by atoms with van der Waals surface area (Å²) in [6, 6.07) is 2.33. The number of carbonyl (C=O) groups is 1. The van der Waals surface area contributed by atoms with Crippen LogP contribution in [0.1, 0.15) is 66.8 Å². The molecular weight excluding hydrogens is 318 g/mol. The predicted molar refractivity (Wildman–Crippen MR) is 100 cm³/mol. The lowest BCUT2D eigenvalue weighted by molar-refractivity contribution is 0.0965. The Balaban J connectivity index is 1.84. The zero-order valence-electron chi connectivity index (χ0n) is 14.3. The molecule has 2 aliphatic rings. The molecule has 0 aromatic carbocycles. The van der Waals surface area contributed by atoms with Crippen LogP contribution >= 0.6 is 11.3 Å². The Kier molecular flexibility index (Phi) is 4.44. The zero-order chi connectivity index (χ0) is 16.5. The van der Waals surface area contributed by atoms with Crippen molar-refractivity contribution in [2.45, 2.75) is 50.9 Å². The summed E-state index contributed by atoms with van der Waals surface area (Å²) < 4.78 is 1.22. The van der Waals surface area contributed by atoms with Gasteiger partial charge in [0.25, 0.3) is 5.91 Å². The summed E-state index contributed by atoms with van der Waals surface area (Å²) in [6.45, 7) is 2.17. The van der Waals surface area contributed by atoms with Crippen LogP contribution in [0.4, 0.5) is 5.82 Å². The second kappa shape index (κ2) is 6.71. The minimum Gasteiger partial charge on any atom is -0.357 e. The van der Waals surface area contributed by atoms with Crippen LogP contribution in [0.15, 0.2) is 11.4 Å². The van der Waals surface area contributed by atoms with Gasteiger partial charge in [0.1, 0.15) is 5.82 Å². The van der Waals surface area contributed by atoms with Crippen LogP contribution in [0, 0.1) is 0 Å². The molecule has 1 N–H and O–H groups in total. The van der Waals surface area contributed by atoms with E-state index >= 15 is 0 Å². The van der Waals surface area contributed by atoms with Crippen LogP contribution in [0.5, 0.6) is 0 Å². The molecule has 128 valence electrons. The lowest BCUT2D eigenvalue weighted by Gasteiger charge is -2.28. The van der Waals surface area contributed by atoms with E-state index in [9.17, 15) is 4.79 Å². The van der Waals surface area contributed by atoms with Gasteiger partial charge in [-0.3, -0.25) is 4.79 Å². The number of rotatable bonds is 3. The van der Waals surface area contributed by atoms with Gasteiger partial charge in [-0.15, -0.1) is 11.3 Å². The van der Waals surface area contributed by atoms with Crippen molar-refractivity contribution in [1.82, 2.24) is 10.3 Å². The van der Waals surface area contributed by atoms with Crippen molar-refractivity contribution in [2.75, 3.05) is 25.0 Å². The number of thiophene rings is 1. The maximum atomic E-state index is 12.3. The number of amides is 1. The lowest BCUT2D eigenvalue weighted by Crippen LogP contribution is -2.30. The Labute approximate surface area is 147 Å². The maximum absolute atomic E-state index is 12.3. The molecule has 0 atom stereocenters. The summed E-state index contributed by atoms with van der Waals surface area (Å²) in [5.41, 5.74) is 3.07. The molecule has 2 aromatic rings. The second-order valence-corrected chi connectivity index (χ2v) is 7.88. The fourth-order valence-electron chi connectivity index (χ4n) is 4.14. The van der Waals surface area contributed by atoms with E-state index < -0.39 is 0 Å². The van der Waals surface area contributed by atoms with Gasteiger partial charge in [-0.1, -0.05) is 12.8 Å². The standard InChI is InChI=1S/C19H25N3OS/c1-20-19(23)15-12-24-18-14(13-7-3-4-8-13)11-16(21-17(15)18)22-9-5-2-6-10-22/h11-13H,2-10H2,1H3,(H,20,23). The second-order valence-electron chi connectivity index (χ2n) is 7.01. The summed E-state index contributed by atoms with van der Waals surface area (Å²) in [5.74, 6) is 1.68. The fraction of sp³-hybridized carbons (Fsp3) is 0.579. The number of carbonyl (C=O) groups excluding carboxylic acids is 1. The molecule has 2 fully saturated rings. The third-order valence-corrected chi connectivity index (χ3v) is 6.50. The van der Waals surface area contributed by atoms with Crippen LogP contribution in [0.2, 0.25) is 0 Å². The molecule has 1 saturated carbocycles. The number of nitrogens with one attached hydrogen (secondary N) is 1. The van der Waals surface area contributed by atoms with Gasteiger partial charge in [-0.25, -0.2) is 4.98 Å². The minimum atomic E-state index is -0.0260. The SMILES string of the molecule is CNC(=O)c1csc2c(C3CCCC3)cc(N3CCCCC3)nc12. The zero-order valence-corrected chi connectivity index (χ0v) is 15.1. The van der Waals surface area contributed by atoms with Crippen LogP contribution < -0.4 is 10.2 Å². The lowest BCUT2D eigenvalue weighted by atomic mass is 9.97. The van der Waals surface area contributed by atoms with Crippen LogP contribution in [0.3, 0.4) is 0 Å². The number of nitrogens with zero attached hydrogens (tertiary/aromatic N) is 2. The summed E-state index contributed by atoms with van der Waals surface area (Å²) >= 11 is 1.68. The minimum absolute atomic E-state index is 0.0260. The average Bonchev–Trinajstić information content (AvgIpc) is 3.30. The Morgan fingerprint density at radius 1 is 1.21 bits per heavy atom. The van der Waals surface area contributed by atoms with E-state index in [1.165, 1.54) is 55.2 Å². The van der Waals surface area contributed by atoms with Crippen LogP contribution in [-0.2, 0) is 0 Å². The number of aromatic nitrogens is 1. The molecule has 2 aromatic heterocycles. The molecule has 0 unspecified atom stereocenters. The van der Waals surface area contributed by atoms with E-state index in [1.54, 1.807) is 18.4 Å². The van der Waals surface area contributed by atoms with Crippen molar-refractivity contribution >= 4 is 33.3 Å². The first-order valence-corrected chi connectivity index (χ1v) is 10.0. The molecule has 3 heterocycles. The van der Waals surface area contributed by atoms with Crippen molar-refractivity contribution in [3.05, 3.63) is 22.6 Å². The molecular formula is C19H25N3OS. The van der Waals surface area contributed by atoms with Crippen molar-refractivity contribution in [3.63, 3.8) is 0 Å². The monoisotopic (exact) mass is 343 g/mol. The van der Waals surface area contributed by atoms with Gasteiger partial charge < -0.3 is 10.2 Å². The molecule has 1 amide bonds. The molecule has 24 heavy (non-hydrogen) atoms. The molecule has 1 saturated heterocycles. The van der Waals surface area contributed by atoms with Gasteiger partial charge in [0.05, 0.1) is 15.8 Å². The van der Waals surface area contributed by atoms with Gasteiger partial charge in [-0.05, 0) is 49.7 Å². The first-order chi connectivity index (χ1) is 11.8. The largest absolute Gasteiger partial charge is 0.357 e. The summed E-state index contributed by atoms with van der Waals surface area (Å²) in [4.78, 5) is 19.6. The number of pyridine rings is 1. The van der Waals surface area contributed by atoms with E-state index in [1.807, 2.05) is 5.38 Å². The topological polar surface area (TPSA) is 45.2 Å². The van der Waals surface area contributed by atoms with Crippen molar-refractivity contribution < 1.29 is 4.79 Å². The quantitative estimate of drug-likeness (QED) is 0.903. The smallest absolute Gasteiger partial charge is 0.254 e. The molecule has 4 rings (SSSR count). The first kappa shape index (κ1) is 15.9. The third kappa shape index (κ3) is 2.79. The Morgan fingerprint density at radius 3 is 2.67 bits per heavy atom. The highest BCUT2D eigenvalue weighted by atomic mass is 32.1. The van der Waals surface area contributed by atoms with Crippen molar-refractivity contribution in [2.24, 2.45) is 0 Å². The highest BCUT2D eigenvalue weighted by molar-refractivity contribution is 7.17. The third-order valence-electron chi connectivity index (χ3n) is 5.48. The molecule has 5 heteroatoms. The fourth-order valence-corrected chi connectivity index (χ4v) is 5.22. The highest BCUT2D eigenvalue weighted by Gasteiger charge is 2.25. The first-order valence-electron chi connectivity index (χ1n) is 9.17. The van der Waals surface area contributed by atoms with E-state index in [0.29, 0.717) is 5.92 Å². The number of hydrogen-bond acceptors (Lipinski definition) is 4. The van der Waals surface area contributed by atoms with Crippen LogP contribution in [-0.4, -0.2) is 31.0 Å². The van der Waals surface area contributed by atoms with Crippen molar-refractivity contribution in [3.8, 4) is 0 Å². The Bertz CT molecular complexity index is 742. The summed E-state index contributed by atoms with van der Waals surface area (Å²) in [7, 11) is 1.69. The molecule has 0 radical (unpaired) electrons. The number of fused-ring (bicyclic) bond motifs is 1. The van der Waals surface area contributed by atoms with E-state index in [2.05, 4.69) is 16.3 Å². The molecule has 1 aliphatic carbocycles. The normalized spacial score (nSPS) is 19.1. The number of piperidine rings is 1. The van der Waals surface area contributed by atoms with Crippen molar-refractivity contribution in [1.29, 1.82) is 0 Å². The Morgan fingerprint density at radius 2 is 1.96 bits per heavy atom. The molecule has 4 nitrogen and oxygen atoms in total. The van der Waals surface area contributed by atoms with Crippen LogP contribution in [0.25, 0.3) is 10.2 Å².